The molecular weight excluding hydrogens is 236 g/mol. The molecule has 3 nitrogen and oxygen atoms in total. The minimum absolute atomic E-state index is 0.00321. The molecule has 1 heterocycles. The van der Waals surface area contributed by atoms with Crippen molar-refractivity contribution in [1.82, 2.24) is 4.57 Å². The lowest BCUT2D eigenvalue weighted by molar-refractivity contribution is 0.909. The predicted molar refractivity (Wildman–Crippen MR) is 79.0 cm³/mol. The van der Waals surface area contributed by atoms with Crippen molar-refractivity contribution in [2.75, 3.05) is 5.73 Å². The third-order valence-corrected chi connectivity index (χ3v) is 3.35. The number of hydrogen-bond donors (Lipinski definition) is 1. The summed E-state index contributed by atoms with van der Waals surface area (Å²) in [7, 11) is 1.80. The molecule has 2 aromatic carbocycles. The van der Waals surface area contributed by atoms with Gasteiger partial charge in [-0.2, -0.15) is 0 Å². The predicted octanol–water partition coefficient (Wildman–Crippen LogP) is 2.79. The molecule has 0 unspecified atom stereocenters. The highest BCUT2D eigenvalue weighted by Crippen LogP contribution is 2.21. The van der Waals surface area contributed by atoms with E-state index >= 15 is 0 Å². The molecular formula is C16H14N2O. The van der Waals surface area contributed by atoms with Gasteiger partial charge < -0.3 is 10.3 Å². The quantitative estimate of drug-likeness (QED) is 0.675. The standard InChI is InChI=1S/C16H14N2O/c1-18-15-5-3-2-4-12(15)10-14(16(18)19)11-6-8-13(17)9-7-11/h2-10H,17H2,1H3. The van der Waals surface area contributed by atoms with E-state index in [0.29, 0.717) is 11.3 Å². The minimum Gasteiger partial charge on any atom is -0.399 e. The molecule has 3 rings (SSSR count). The van der Waals surface area contributed by atoms with Crippen LogP contribution in [0.15, 0.2) is 59.4 Å². The molecule has 0 saturated heterocycles. The van der Waals surface area contributed by atoms with Gasteiger partial charge in [0.05, 0.1) is 5.52 Å². The number of para-hydroxylation sites is 1. The lowest BCUT2D eigenvalue weighted by Crippen LogP contribution is -2.18. The summed E-state index contributed by atoms with van der Waals surface area (Å²) in [5.74, 6) is 0. The van der Waals surface area contributed by atoms with Crippen molar-refractivity contribution in [3.05, 3.63) is 65.0 Å². The molecule has 2 N–H and O–H groups in total. The average Bonchev–Trinajstić information content (AvgIpc) is 2.44. The number of aryl methyl sites for hydroxylation is 1. The van der Waals surface area contributed by atoms with E-state index in [-0.39, 0.29) is 5.56 Å². The van der Waals surface area contributed by atoms with Crippen LogP contribution in [0.3, 0.4) is 0 Å². The van der Waals surface area contributed by atoms with Gasteiger partial charge in [-0.25, -0.2) is 0 Å². The number of nitrogens with two attached hydrogens (primary N) is 1. The zero-order valence-corrected chi connectivity index (χ0v) is 10.6. The largest absolute Gasteiger partial charge is 0.399 e. The van der Waals surface area contributed by atoms with Gasteiger partial charge in [-0.3, -0.25) is 4.79 Å². The van der Waals surface area contributed by atoms with Crippen molar-refractivity contribution >= 4 is 16.6 Å². The Hall–Kier alpha value is -2.55. The number of benzene rings is 2. The molecule has 0 aliphatic rings. The van der Waals surface area contributed by atoms with Crippen LogP contribution in [0.1, 0.15) is 0 Å². The molecule has 0 aliphatic carbocycles. The number of anilines is 1. The summed E-state index contributed by atoms with van der Waals surface area (Å²) in [6.07, 6.45) is 0. The zero-order valence-electron chi connectivity index (χ0n) is 10.6. The van der Waals surface area contributed by atoms with Gasteiger partial charge in [0, 0.05) is 18.3 Å². The Labute approximate surface area is 110 Å². The summed E-state index contributed by atoms with van der Waals surface area (Å²) in [6.45, 7) is 0. The third-order valence-electron chi connectivity index (χ3n) is 3.35. The molecule has 0 fully saturated rings. The molecule has 3 heteroatoms. The molecule has 0 bridgehead atoms. The number of hydrogen-bond acceptors (Lipinski definition) is 2. The molecule has 3 aromatic rings. The Kier molecular flexibility index (Phi) is 2.60. The van der Waals surface area contributed by atoms with Gasteiger partial charge in [0.15, 0.2) is 0 Å². The van der Waals surface area contributed by atoms with E-state index in [4.69, 9.17) is 5.73 Å². The van der Waals surface area contributed by atoms with Crippen LogP contribution in [-0.2, 0) is 7.05 Å². The Bertz CT molecular complexity index is 801. The highest BCUT2D eigenvalue weighted by molar-refractivity contribution is 5.84. The smallest absolute Gasteiger partial charge is 0.258 e. The van der Waals surface area contributed by atoms with Crippen LogP contribution in [0, 0.1) is 0 Å². The van der Waals surface area contributed by atoms with E-state index in [1.54, 1.807) is 11.6 Å². The average molecular weight is 250 g/mol. The Balaban J connectivity index is 2.33. The second-order valence-corrected chi connectivity index (χ2v) is 4.60. The molecule has 0 amide bonds. The van der Waals surface area contributed by atoms with Gasteiger partial charge in [0.25, 0.3) is 5.56 Å². The van der Waals surface area contributed by atoms with Crippen molar-refractivity contribution in [2.45, 2.75) is 0 Å². The summed E-state index contributed by atoms with van der Waals surface area (Å²) < 4.78 is 1.68. The van der Waals surface area contributed by atoms with E-state index in [1.807, 2.05) is 54.6 Å². The van der Waals surface area contributed by atoms with E-state index in [0.717, 1.165) is 16.5 Å². The Morgan fingerprint density at radius 2 is 1.68 bits per heavy atom. The van der Waals surface area contributed by atoms with E-state index in [9.17, 15) is 4.79 Å². The second-order valence-electron chi connectivity index (χ2n) is 4.60. The van der Waals surface area contributed by atoms with Crippen molar-refractivity contribution in [3.63, 3.8) is 0 Å². The van der Waals surface area contributed by atoms with Crippen molar-refractivity contribution in [1.29, 1.82) is 0 Å². The van der Waals surface area contributed by atoms with Gasteiger partial charge >= 0.3 is 0 Å². The fraction of sp³-hybridized carbons (Fsp3) is 0.0625. The zero-order chi connectivity index (χ0) is 13.4. The number of rotatable bonds is 1. The van der Waals surface area contributed by atoms with Crippen molar-refractivity contribution < 1.29 is 0 Å². The number of pyridine rings is 1. The van der Waals surface area contributed by atoms with Gasteiger partial charge in [0.2, 0.25) is 0 Å². The summed E-state index contributed by atoms with van der Waals surface area (Å²) in [6, 6.07) is 17.2. The van der Waals surface area contributed by atoms with Crippen LogP contribution in [0.25, 0.3) is 22.0 Å². The van der Waals surface area contributed by atoms with Crippen LogP contribution in [0.4, 0.5) is 5.69 Å². The van der Waals surface area contributed by atoms with Crippen LogP contribution in [0.5, 0.6) is 0 Å². The lowest BCUT2D eigenvalue weighted by atomic mass is 10.0. The van der Waals surface area contributed by atoms with Gasteiger partial charge in [-0.1, -0.05) is 30.3 Å². The molecule has 0 atom stereocenters. The fourth-order valence-electron chi connectivity index (χ4n) is 2.29. The van der Waals surface area contributed by atoms with Gasteiger partial charge in [-0.15, -0.1) is 0 Å². The molecule has 0 aliphatic heterocycles. The minimum atomic E-state index is 0.00321. The maximum Gasteiger partial charge on any atom is 0.258 e. The second kappa shape index (κ2) is 4.28. The van der Waals surface area contributed by atoms with Crippen LogP contribution in [-0.4, -0.2) is 4.57 Å². The number of aromatic nitrogens is 1. The summed E-state index contributed by atoms with van der Waals surface area (Å²) in [4.78, 5) is 12.4. The first-order valence-electron chi connectivity index (χ1n) is 6.11. The number of nitrogens with zero attached hydrogens (tertiary/aromatic N) is 1. The summed E-state index contributed by atoms with van der Waals surface area (Å²) in [5, 5.41) is 1.05. The van der Waals surface area contributed by atoms with Gasteiger partial charge in [0.1, 0.15) is 0 Å². The van der Waals surface area contributed by atoms with E-state index in [2.05, 4.69) is 0 Å². The van der Waals surface area contributed by atoms with Crippen molar-refractivity contribution in [3.8, 4) is 11.1 Å². The monoisotopic (exact) mass is 250 g/mol. The maximum atomic E-state index is 12.4. The first-order chi connectivity index (χ1) is 9.16. The molecule has 0 radical (unpaired) electrons. The van der Waals surface area contributed by atoms with Crippen LogP contribution in [0.2, 0.25) is 0 Å². The van der Waals surface area contributed by atoms with Crippen LogP contribution >= 0.6 is 0 Å². The molecule has 1 aromatic heterocycles. The Morgan fingerprint density at radius 3 is 2.42 bits per heavy atom. The Morgan fingerprint density at radius 1 is 1.00 bits per heavy atom. The molecule has 94 valence electrons. The first kappa shape index (κ1) is 11.5. The van der Waals surface area contributed by atoms with Crippen molar-refractivity contribution in [2.24, 2.45) is 7.05 Å². The summed E-state index contributed by atoms with van der Waals surface area (Å²) >= 11 is 0. The van der Waals surface area contributed by atoms with E-state index in [1.165, 1.54) is 0 Å². The lowest BCUT2D eigenvalue weighted by Gasteiger charge is -2.09. The SMILES string of the molecule is Cn1c(=O)c(-c2ccc(N)cc2)cc2ccccc21. The third kappa shape index (κ3) is 1.89. The summed E-state index contributed by atoms with van der Waals surface area (Å²) in [5.41, 5.74) is 8.90. The van der Waals surface area contributed by atoms with E-state index < -0.39 is 0 Å². The van der Waals surface area contributed by atoms with Gasteiger partial charge in [-0.05, 0) is 35.2 Å². The molecule has 0 spiro atoms. The number of nitrogen functional groups attached to an aromatic ring is 1. The van der Waals surface area contributed by atoms with Crippen LogP contribution < -0.4 is 11.3 Å². The number of fused-ring (bicyclic) bond motifs is 1. The maximum absolute atomic E-state index is 12.4. The topological polar surface area (TPSA) is 48.0 Å². The normalized spacial score (nSPS) is 10.8. The molecule has 19 heavy (non-hydrogen) atoms. The highest BCUT2D eigenvalue weighted by atomic mass is 16.1. The molecule has 0 saturated carbocycles. The fourth-order valence-corrected chi connectivity index (χ4v) is 2.29. The first-order valence-corrected chi connectivity index (χ1v) is 6.11. The highest BCUT2D eigenvalue weighted by Gasteiger charge is 2.08.